The van der Waals surface area contributed by atoms with Crippen LogP contribution < -0.4 is 5.32 Å². The maximum absolute atomic E-state index is 8.58. The van der Waals surface area contributed by atoms with Gasteiger partial charge in [0.15, 0.2) is 0 Å². The molecule has 2 fully saturated rings. The van der Waals surface area contributed by atoms with Crippen LogP contribution in [-0.2, 0) is 4.74 Å². The smallest absolute Gasteiger partial charge is 0.0697 e. The van der Waals surface area contributed by atoms with Crippen LogP contribution in [0.25, 0.3) is 0 Å². The molecular weight excluding hydrogens is 214 g/mol. The van der Waals surface area contributed by atoms with Crippen LogP contribution >= 0.6 is 0 Å². The Morgan fingerprint density at radius 1 is 1.12 bits per heavy atom. The third-order valence-corrected chi connectivity index (χ3v) is 4.61. The maximum atomic E-state index is 8.58. The molecular formula is C14H27NO2. The minimum absolute atomic E-state index is 0.138. The first-order valence-corrected chi connectivity index (χ1v) is 7.29. The van der Waals surface area contributed by atoms with Crippen molar-refractivity contribution in [3.8, 4) is 0 Å². The highest BCUT2D eigenvalue weighted by Crippen LogP contribution is 2.51. The van der Waals surface area contributed by atoms with Crippen molar-refractivity contribution in [3.05, 3.63) is 0 Å². The fourth-order valence-electron chi connectivity index (χ4n) is 3.49. The highest BCUT2D eigenvalue weighted by atomic mass is 16.5. The van der Waals surface area contributed by atoms with E-state index in [1.807, 2.05) is 0 Å². The lowest BCUT2D eigenvalue weighted by Crippen LogP contribution is -2.54. The number of hydrogen-bond donors (Lipinski definition) is 2. The molecule has 0 heterocycles. The Hall–Kier alpha value is -0.120. The van der Waals surface area contributed by atoms with E-state index in [-0.39, 0.29) is 6.61 Å². The average Bonchev–Trinajstić information content (AvgIpc) is 2.37. The number of rotatable bonds is 7. The molecule has 100 valence electrons. The lowest BCUT2D eigenvalue weighted by atomic mass is 9.57. The minimum atomic E-state index is 0.138. The SMILES string of the molecule is OCCOCCCNC1CCC12CCCCC2. The van der Waals surface area contributed by atoms with Crippen LogP contribution in [0.15, 0.2) is 0 Å². The monoisotopic (exact) mass is 241 g/mol. The summed E-state index contributed by atoms with van der Waals surface area (Å²) < 4.78 is 5.26. The highest BCUT2D eigenvalue weighted by Gasteiger charge is 2.46. The van der Waals surface area contributed by atoms with Gasteiger partial charge in [0.2, 0.25) is 0 Å². The van der Waals surface area contributed by atoms with Crippen molar-refractivity contribution in [2.75, 3.05) is 26.4 Å². The van der Waals surface area contributed by atoms with Crippen LogP contribution in [0.5, 0.6) is 0 Å². The van der Waals surface area contributed by atoms with E-state index in [1.54, 1.807) is 0 Å². The lowest BCUT2D eigenvalue weighted by molar-refractivity contribution is 0.0211. The molecule has 0 aliphatic heterocycles. The van der Waals surface area contributed by atoms with Gasteiger partial charge in [-0.3, -0.25) is 0 Å². The zero-order valence-corrected chi connectivity index (χ0v) is 10.9. The average molecular weight is 241 g/mol. The first kappa shape index (κ1) is 13.3. The van der Waals surface area contributed by atoms with Crippen molar-refractivity contribution in [1.82, 2.24) is 5.32 Å². The molecule has 2 saturated carbocycles. The molecule has 17 heavy (non-hydrogen) atoms. The molecule has 0 aromatic heterocycles. The molecule has 0 aromatic rings. The molecule has 1 atom stereocenters. The van der Waals surface area contributed by atoms with E-state index in [0.29, 0.717) is 12.0 Å². The Labute approximate surface area is 105 Å². The van der Waals surface area contributed by atoms with Crippen molar-refractivity contribution in [2.45, 2.75) is 57.4 Å². The topological polar surface area (TPSA) is 41.5 Å². The fourth-order valence-corrected chi connectivity index (χ4v) is 3.49. The van der Waals surface area contributed by atoms with Gasteiger partial charge < -0.3 is 15.2 Å². The van der Waals surface area contributed by atoms with Gasteiger partial charge in [0.1, 0.15) is 0 Å². The summed E-state index contributed by atoms with van der Waals surface area (Å²) in [5.74, 6) is 0. The Bertz CT molecular complexity index is 214. The Balaban J connectivity index is 1.56. The van der Waals surface area contributed by atoms with Crippen molar-refractivity contribution < 1.29 is 9.84 Å². The second-order valence-corrected chi connectivity index (χ2v) is 5.66. The molecule has 0 radical (unpaired) electrons. The molecule has 2 aliphatic carbocycles. The van der Waals surface area contributed by atoms with Gasteiger partial charge in [-0.2, -0.15) is 0 Å². The molecule has 0 aromatic carbocycles. The van der Waals surface area contributed by atoms with Crippen LogP contribution in [0.1, 0.15) is 51.4 Å². The van der Waals surface area contributed by atoms with E-state index in [4.69, 9.17) is 9.84 Å². The maximum Gasteiger partial charge on any atom is 0.0697 e. The van der Waals surface area contributed by atoms with Gasteiger partial charge in [-0.1, -0.05) is 19.3 Å². The second kappa shape index (κ2) is 6.72. The first-order valence-electron chi connectivity index (χ1n) is 7.29. The third kappa shape index (κ3) is 3.43. The van der Waals surface area contributed by atoms with Gasteiger partial charge in [-0.15, -0.1) is 0 Å². The van der Waals surface area contributed by atoms with E-state index in [0.717, 1.165) is 25.6 Å². The molecule has 1 unspecified atom stereocenters. The molecule has 0 amide bonds. The van der Waals surface area contributed by atoms with Crippen LogP contribution in [0.4, 0.5) is 0 Å². The Kier molecular flexibility index (Phi) is 5.26. The van der Waals surface area contributed by atoms with Gasteiger partial charge >= 0.3 is 0 Å². The lowest BCUT2D eigenvalue weighted by Gasteiger charge is -2.52. The van der Waals surface area contributed by atoms with Crippen molar-refractivity contribution >= 4 is 0 Å². The third-order valence-electron chi connectivity index (χ3n) is 4.61. The van der Waals surface area contributed by atoms with Crippen LogP contribution in [0, 0.1) is 5.41 Å². The van der Waals surface area contributed by atoms with Crippen LogP contribution in [0.3, 0.4) is 0 Å². The zero-order chi connectivity index (χ0) is 12.0. The van der Waals surface area contributed by atoms with Crippen molar-refractivity contribution in [3.63, 3.8) is 0 Å². The summed E-state index contributed by atoms with van der Waals surface area (Å²) in [4.78, 5) is 0. The minimum Gasteiger partial charge on any atom is -0.394 e. The Morgan fingerprint density at radius 3 is 2.59 bits per heavy atom. The number of ether oxygens (including phenoxy) is 1. The van der Waals surface area contributed by atoms with E-state index in [2.05, 4.69) is 5.32 Å². The summed E-state index contributed by atoms with van der Waals surface area (Å²) in [5, 5.41) is 12.3. The molecule has 0 bridgehead atoms. The molecule has 3 heteroatoms. The summed E-state index contributed by atoms with van der Waals surface area (Å²) in [6, 6.07) is 0.778. The normalized spacial score (nSPS) is 27.0. The number of hydrogen-bond acceptors (Lipinski definition) is 3. The zero-order valence-electron chi connectivity index (χ0n) is 10.9. The molecule has 2 aliphatic rings. The van der Waals surface area contributed by atoms with Crippen LogP contribution in [-0.4, -0.2) is 37.5 Å². The van der Waals surface area contributed by atoms with Gasteiger partial charge in [0, 0.05) is 12.6 Å². The van der Waals surface area contributed by atoms with E-state index in [9.17, 15) is 0 Å². The highest BCUT2D eigenvalue weighted by molar-refractivity contribution is 5.01. The van der Waals surface area contributed by atoms with E-state index < -0.39 is 0 Å². The summed E-state index contributed by atoms with van der Waals surface area (Å²) in [6.07, 6.45) is 11.1. The van der Waals surface area contributed by atoms with Gasteiger partial charge in [-0.05, 0) is 44.1 Å². The van der Waals surface area contributed by atoms with Crippen molar-refractivity contribution in [1.29, 1.82) is 0 Å². The summed E-state index contributed by atoms with van der Waals surface area (Å²) in [5.41, 5.74) is 0.671. The summed E-state index contributed by atoms with van der Waals surface area (Å²) in [7, 11) is 0. The van der Waals surface area contributed by atoms with Crippen LogP contribution in [0.2, 0.25) is 0 Å². The van der Waals surface area contributed by atoms with Gasteiger partial charge in [0.05, 0.1) is 13.2 Å². The number of aliphatic hydroxyl groups is 1. The second-order valence-electron chi connectivity index (χ2n) is 5.66. The molecule has 1 spiro atoms. The predicted molar refractivity (Wildman–Crippen MR) is 69.1 cm³/mol. The molecule has 2 rings (SSSR count). The fraction of sp³-hybridized carbons (Fsp3) is 1.00. The predicted octanol–water partition coefficient (Wildman–Crippen LogP) is 2.09. The first-order chi connectivity index (χ1) is 8.37. The standard InChI is InChI=1S/C14H27NO2/c16-10-12-17-11-4-9-15-13-5-8-14(13)6-2-1-3-7-14/h13,15-16H,1-12H2. The Morgan fingerprint density at radius 2 is 1.94 bits per heavy atom. The largest absolute Gasteiger partial charge is 0.394 e. The van der Waals surface area contributed by atoms with E-state index >= 15 is 0 Å². The molecule has 0 saturated heterocycles. The number of nitrogens with one attached hydrogen (secondary N) is 1. The summed E-state index contributed by atoms with van der Waals surface area (Å²) in [6.45, 7) is 2.46. The van der Waals surface area contributed by atoms with Gasteiger partial charge in [-0.25, -0.2) is 0 Å². The molecule has 3 nitrogen and oxygen atoms in total. The van der Waals surface area contributed by atoms with E-state index in [1.165, 1.54) is 44.9 Å². The van der Waals surface area contributed by atoms with Gasteiger partial charge in [0.25, 0.3) is 0 Å². The summed E-state index contributed by atoms with van der Waals surface area (Å²) >= 11 is 0. The molecule has 2 N–H and O–H groups in total. The quantitative estimate of drug-likeness (QED) is 0.671. The van der Waals surface area contributed by atoms with Crippen molar-refractivity contribution in [2.24, 2.45) is 5.41 Å². The number of aliphatic hydroxyl groups excluding tert-OH is 1.